The molecular weight excluding hydrogens is 435 g/mol. The van der Waals surface area contributed by atoms with Crippen LogP contribution < -0.4 is 15.8 Å². The summed E-state index contributed by atoms with van der Waals surface area (Å²) in [6.07, 6.45) is -1.82. The third-order valence-electron chi connectivity index (χ3n) is 4.37. The molecule has 3 aromatic rings. The molecular formula is C21H23ClF3N3O3. The molecule has 1 aromatic heterocycles. The van der Waals surface area contributed by atoms with Crippen molar-refractivity contribution in [2.75, 3.05) is 25.5 Å². The fraction of sp³-hybridized carbons (Fsp3) is 0.333. The van der Waals surface area contributed by atoms with Gasteiger partial charge >= 0.3 is 12.1 Å². The van der Waals surface area contributed by atoms with Crippen molar-refractivity contribution in [3.8, 4) is 5.75 Å². The summed E-state index contributed by atoms with van der Waals surface area (Å²) >= 11 is 6.14. The molecule has 168 valence electrons. The molecule has 1 heterocycles. The number of hydrogen-bond donors (Lipinski definition) is 3. The fourth-order valence-electron chi connectivity index (χ4n) is 2.87. The van der Waals surface area contributed by atoms with Crippen LogP contribution in [0.3, 0.4) is 0 Å². The van der Waals surface area contributed by atoms with E-state index in [9.17, 15) is 13.2 Å². The fourth-order valence-corrected chi connectivity index (χ4v) is 3.04. The number of anilines is 1. The van der Waals surface area contributed by atoms with Crippen molar-refractivity contribution in [3.63, 3.8) is 0 Å². The van der Waals surface area contributed by atoms with Crippen molar-refractivity contribution in [1.29, 1.82) is 0 Å². The van der Waals surface area contributed by atoms with Crippen molar-refractivity contribution >= 4 is 45.1 Å². The minimum atomic E-state index is -5.08. The molecule has 0 spiro atoms. The highest BCUT2D eigenvalue weighted by atomic mass is 35.5. The van der Waals surface area contributed by atoms with Crippen LogP contribution in [0.2, 0.25) is 5.02 Å². The van der Waals surface area contributed by atoms with E-state index in [-0.39, 0.29) is 0 Å². The number of methoxy groups -OCH3 is 1. The Kier molecular flexibility index (Phi) is 8.70. The number of carboxylic acids is 1. The van der Waals surface area contributed by atoms with Gasteiger partial charge in [-0.3, -0.25) is 0 Å². The zero-order valence-corrected chi connectivity index (χ0v) is 17.6. The molecule has 0 aliphatic rings. The summed E-state index contributed by atoms with van der Waals surface area (Å²) in [7, 11) is 1.68. The number of halogens is 4. The topological polar surface area (TPSA) is 97.5 Å². The minimum Gasteiger partial charge on any atom is -0.497 e. The highest BCUT2D eigenvalue weighted by Crippen LogP contribution is 2.34. The molecule has 3 rings (SSSR count). The van der Waals surface area contributed by atoms with Crippen molar-refractivity contribution in [3.05, 3.63) is 41.4 Å². The zero-order chi connectivity index (χ0) is 23.0. The van der Waals surface area contributed by atoms with Crippen LogP contribution in [0.15, 0.2) is 36.4 Å². The van der Waals surface area contributed by atoms with Crippen molar-refractivity contribution in [2.24, 2.45) is 5.73 Å². The lowest BCUT2D eigenvalue weighted by Gasteiger charge is -2.14. The van der Waals surface area contributed by atoms with Crippen molar-refractivity contribution < 1.29 is 27.8 Å². The number of nitrogens with two attached hydrogens (primary N) is 1. The van der Waals surface area contributed by atoms with Gasteiger partial charge in [-0.15, -0.1) is 0 Å². The van der Waals surface area contributed by atoms with Crippen LogP contribution in [0.4, 0.5) is 18.9 Å². The van der Waals surface area contributed by atoms with Crippen molar-refractivity contribution in [1.82, 2.24) is 4.98 Å². The molecule has 0 saturated heterocycles. The van der Waals surface area contributed by atoms with Crippen LogP contribution in [0, 0.1) is 0 Å². The van der Waals surface area contributed by atoms with E-state index in [1.165, 1.54) is 0 Å². The Morgan fingerprint density at radius 2 is 1.84 bits per heavy atom. The Morgan fingerprint density at radius 3 is 2.45 bits per heavy atom. The van der Waals surface area contributed by atoms with E-state index in [0.29, 0.717) is 5.02 Å². The van der Waals surface area contributed by atoms with E-state index in [1.807, 2.05) is 36.4 Å². The second-order valence-electron chi connectivity index (χ2n) is 6.61. The molecule has 0 aliphatic carbocycles. The van der Waals surface area contributed by atoms with Gasteiger partial charge in [-0.05, 0) is 55.8 Å². The Morgan fingerprint density at radius 1 is 1.13 bits per heavy atom. The second-order valence-corrected chi connectivity index (χ2v) is 7.05. The first-order valence-corrected chi connectivity index (χ1v) is 9.86. The molecule has 0 atom stereocenters. The Hall–Kier alpha value is -2.78. The number of aromatic nitrogens is 1. The molecule has 0 bridgehead atoms. The number of hydrogen-bond acceptors (Lipinski definition) is 5. The molecule has 0 amide bonds. The molecule has 0 aliphatic heterocycles. The van der Waals surface area contributed by atoms with Gasteiger partial charge in [0.15, 0.2) is 0 Å². The molecule has 0 radical (unpaired) electrons. The molecule has 4 N–H and O–H groups in total. The lowest BCUT2D eigenvalue weighted by atomic mass is 10.1. The van der Waals surface area contributed by atoms with Gasteiger partial charge in [0.25, 0.3) is 0 Å². The summed E-state index contributed by atoms with van der Waals surface area (Å²) in [5.74, 6) is -1.93. The predicted octanol–water partition coefficient (Wildman–Crippen LogP) is 5.22. The normalized spacial score (nSPS) is 11.2. The average molecular weight is 458 g/mol. The van der Waals surface area contributed by atoms with Crippen LogP contribution in [0.25, 0.3) is 21.8 Å². The number of aliphatic carboxylic acids is 1. The Balaban J connectivity index is 0.000000423. The Labute approximate surface area is 182 Å². The van der Waals surface area contributed by atoms with E-state index < -0.39 is 12.1 Å². The highest BCUT2D eigenvalue weighted by Gasteiger charge is 2.38. The smallest absolute Gasteiger partial charge is 0.490 e. The number of carboxylic acid groups (broad SMARTS) is 1. The van der Waals surface area contributed by atoms with Gasteiger partial charge in [0.2, 0.25) is 0 Å². The maximum atomic E-state index is 10.6. The number of fused-ring (bicyclic) bond motifs is 2. The standard InChI is InChI=1S/C19H22ClN3O.C2HF3O2/c1-24-14-6-8-17-16(12-14)19(22-10-4-2-3-9-21)15-7-5-13(20)11-18(15)23-17;3-2(4,5)1(6)7/h5-8,11-12H,2-4,9-10,21H2,1H3,(H,22,23);(H,6,7). The molecule has 10 heteroatoms. The van der Waals surface area contributed by atoms with Gasteiger partial charge in [0.1, 0.15) is 5.75 Å². The lowest BCUT2D eigenvalue weighted by Crippen LogP contribution is -2.21. The van der Waals surface area contributed by atoms with Gasteiger partial charge in [-0.25, -0.2) is 9.78 Å². The largest absolute Gasteiger partial charge is 0.497 e. The highest BCUT2D eigenvalue weighted by molar-refractivity contribution is 6.31. The SMILES string of the molecule is COc1ccc2nc3cc(Cl)ccc3c(NCCCCCN)c2c1.O=C(O)C(F)(F)F. The van der Waals surface area contributed by atoms with Gasteiger partial charge in [-0.2, -0.15) is 13.2 Å². The quantitative estimate of drug-likeness (QED) is 0.332. The van der Waals surface area contributed by atoms with Crippen LogP contribution >= 0.6 is 11.6 Å². The van der Waals surface area contributed by atoms with Crippen LogP contribution in [0.5, 0.6) is 5.75 Å². The van der Waals surface area contributed by atoms with Crippen LogP contribution in [-0.4, -0.2) is 42.4 Å². The van der Waals surface area contributed by atoms with Gasteiger partial charge < -0.3 is 20.9 Å². The number of carbonyl (C=O) groups is 1. The molecule has 2 aromatic carbocycles. The minimum absolute atomic E-state index is 0.691. The summed E-state index contributed by atoms with van der Waals surface area (Å²) in [5.41, 5.74) is 8.46. The number of unbranched alkanes of at least 4 members (excludes halogenated alkanes) is 2. The molecule has 0 fully saturated rings. The first-order valence-electron chi connectivity index (χ1n) is 9.48. The first-order chi connectivity index (χ1) is 14.7. The third kappa shape index (κ3) is 6.86. The lowest BCUT2D eigenvalue weighted by molar-refractivity contribution is -0.192. The summed E-state index contributed by atoms with van der Waals surface area (Å²) < 4.78 is 37.1. The van der Waals surface area contributed by atoms with E-state index in [2.05, 4.69) is 5.32 Å². The summed E-state index contributed by atoms with van der Waals surface area (Å²) in [4.78, 5) is 13.6. The Bertz CT molecular complexity index is 1040. The number of alkyl halides is 3. The number of benzene rings is 2. The number of pyridine rings is 1. The van der Waals surface area contributed by atoms with E-state index >= 15 is 0 Å². The number of nitrogens with zero attached hydrogens (tertiary/aromatic N) is 1. The van der Waals surface area contributed by atoms with Crippen LogP contribution in [0.1, 0.15) is 19.3 Å². The summed E-state index contributed by atoms with van der Waals surface area (Å²) in [5, 5.41) is 13.5. The number of ether oxygens (including phenoxy) is 1. The molecule has 31 heavy (non-hydrogen) atoms. The third-order valence-corrected chi connectivity index (χ3v) is 4.60. The zero-order valence-electron chi connectivity index (χ0n) is 16.8. The van der Waals surface area contributed by atoms with Crippen LogP contribution in [-0.2, 0) is 4.79 Å². The average Bonchev–Trinajstić information content (AvgIpc) is 2.72. The van der Waals surface area contributed by atoms with Gasteiger partial charge in [-0.1, -0.05) is 18.0 Å². The summed E-state index contributed by atoms with van der Waals surface area (Å²) in [6.45, 7) is 1.64. The maximum Gasteiger partial charge on any atom is 0.490 e. The van der Waals surface area contributed by atoms with Gasteiger partial charge in [0.05, 0.1) is 23.8 Å². The molecule has 0 unspecified atom stereocenters. The first kappa shape index (κ1) is 24.5. The van der Waals surface area contributed by atoms with E-state index in [1.54, 1.807) is 7.11 Å². The monoisotopic (exact) mass is 457 g/mol. The van der Waals surface area contributed by atoms with Gasteiger partial charge in [0, 0.05) is 22.3 Å². The number of nitrogens with one attached hydrogen (secondary N) is 1. The van der Waals surface area contributed by atoms with Crippen molar-refractivity contribution in [2.45, 2.75) is 25.4 Å². The maximum absolute atomic E-state index is 10.6. The number of rotatable bonds is 7. The summed E-state index contributed by atoms with van der Waals surface area (Å²) in [6, 6.07) is 11.8. The molecule has 6 nitrogen and oxygen atoms in total. The predicted molar refractivity (Wildman–Crippen MR) is 116 cm³/mol. The van der Waals surface area contributed by atoms with E-state index in [0.717, 1.165) is 65.6 Å². The second kappa shape index (κ2) is 11.0. The molecule has 0 saturated carbocycles. The van der Waals surface area contributed by atoms with E-state index in [4.69, 9.17) is 37.0 Å².